The van der Waals surface area contributed by atoms with Gasteiger partial charge in [0, 0.05) is 15.6 Å². The van der Waals surface area contributed by atoms with Crippen LogP contribution in [0.15, 0.2) is 40.9 Å². The minimum Gasteiger partial charge on any atom is -0.319 e. The molecule has 1 aliphatic rings. The second-order valence-corrected chi connectivity index (χ2v) is 7.96. The molecule has 1 fully saturated rings. The summed E-state index contributed by atoms with van der Waals surface area (Å²) < 4.78 is 0.722. The zero-order valence-electron chi connectivity index (χ0n) is 15.7. The molecule has 6 heteroatoms. The zero-order valence-corrected chi connectivity index (χ0v) is 17.3. The highest BCUT2D eigenvalue weighted by Gasteiger charge is 2.50. The minimum absolute atomic E-state index is 0.254. The van der Waals surface area contributed by atoms with Gasteiger partial charge in [-0.05, 0) is 56.5 Å². The van der Waals surface area contributed by atoms with Gasteiger partial charge in [-0.2, -0.15) is 0 Å². The van der Waals surface area contributed by atoms with Crippen LogP contribution in [0.25, 0.3) is 0 Å². The minimum atomic E-state index is -1.21. The number of rotatable bonds is 4. The lowest BCUT2D eigenvalue weighted by molar-refractivity contribution is -0.130. The number of nitrogens with one attached hydrogen (secondary N) is 1. The molecule has 5 nitrogen and oxygen atoms in total. The topological polar surface area (TPSA) is 66.5 Å². The molecule has 27 heavy (non-hydrogen) atoms. The number of hydrogen-bond donors (Lipinski definition) is 1. The van der Waals surface area contributed by atoms with Crippen LogP contribution in [-0.2, 0) is 10.3 Å². The molecule has 0 saturated carbocycles. The number of aryl methyl sites for hydroxylation is 3. The Kier molecular flexibility index (Phi) is 4.95. The predicted molar refractivity (Wildman–Crippen MR) is 107 cm³/mol. The summed E-state index contributed by atoms with van der Waals surface area (Å²) in [6.45, 7) is 7.14. The van der Waals surface area contributed by atoms with E-state index in [2.05, 4.69) is 21.2 Å². The number of amides is 3. The maximum absolute atomic E-state index is 13.0. The number of urea groups is 1. The van der Waals surface area contributed by atoms with Gasteiger partial charge in [-0.3, -0.25) is 14.5 Å². The fourth-order valence-electron chi connectivity index (χ4n) is 3.38. The first kappa shape index (κ1) is 19.3. The molecular formula is C21H21BrN2O3. The van der Waals surface area contributed by atoms with Crippen molar-refractivity contribution in [2.75, 3.05) is 6.54 Å². The number of ketones is 1. The average Bonchev–Trinajstić information content (AvgIpc) is 2.82. The van der Waals surface area contributed by atoms with Crippen LogP contribution in [0.2, 0.25) is 0 Å². The highest BCUT2D eigenvalue weighted by molar-refractivity contribution is 9.10. The van der Waals surface area contributed by atoms with Gasteiger partial charge >= 0.3 is 6.03 Å². The quantitative estimate of drug-likeness (QED) is 0.590. The molecule has 1 saturated heterocycles. The first-order valence-corrected chi connectivity index (χ1v) is 9.44. The highest BCUT2D eigenvalue weighted by atomic mass is 79.9. The van der Waals surface area contributed by atoms with Crippen LogP contribution >= 0.6 is 15.9 Å². The van der Waals surface area contributed by atoms with Gasteiger partial charge in [-0.25, -0.2) is 4.79 Å². The number of carbonyl (C=O) groups is 3. The Bertz CT molecular complexity index is 970. The van der Waals surface area contributed by atoms with Crippen molar-refractivity contribution in [1.82, 2.24) is 10.2 Å². The molecule has 3 rings (SSSR count). The third-order valence-electron chi connectivity index (χ3n) is 5.13. The van der Waals surface area contributed by atoms with E-state index in [9.17, 15) is 14.4 Å². The summed E-state index contributed by atoms with van der Waals surface area (Å²) >= 11 is 3.43. The van der Waals surface area contributed by atoms with Crippen molar-refractivity contribution < 1.29 is 14.4 Å². The largest absolute Gasteiger partial charge is 0.325 e. The Morgan fingerprint density at radius 1 is 1.07 bits per heavy atom. The van der Waals surface area contributed by atoms with Crippen molar-refractivity contribution in [2.24, 2.45) is 0 Å². The van der Waals surface area contributed by atoms with Crippen molar-refractivity contribution in [1.29, 1.82) is 0 Å². The Hall–Kier alpha value is -2.47. The number of imide groups is 1. The predicted octanol–water partition coefficient (Wildman–Crippen LogP) is 4.02. The van der Waals surface area contributed by atoms with E-state index in [0.717, 1.165) is 26.1 Å². The summed E-state index contributed by atoms with van der Waals surface area (Å²) in [6, 6.07) is 10.4. The van der Waals surface area contributed by atoms with Crippen molar-refractivity contribution in [3.63, 3.8) is 0 Å². The molecule has 0 bridgehead atoms. The van der Waals surface area contributed by atoms with E-state index in [1.807, 2.05) is 45.0 Å². The summed E-state index contributed by atoms with van der Waals surface area (Å²) in [6.07, 6.45) is 0. The number of nitrogens with zero attached hydrogens (tertiary/aromatic N) is 1. The van der Waals surface area contributed by atoms with E-state index in [1.165, 1.54) is 0 Å². The number of benzene rings is 2. The normalized spacial score (nSPS) is 19.4. The van der Waals surface area contributed by atoms with Gasteiger partial charge in [0.2, 0.25) is 0 Å². The lowest BCUT2D eigenvalue weighted by atomic mass is 9.92. The first-order valence-electron chi connectivity index (χ1n) is 8.65. The monoisotopic (exact) mass is 428 g/mol. The van der Waals surface area contributed by atoms with Crippen LogP contribution in [0.3, 0.4) is 0 Å². The summed E-state index contributed by atoms with van der Waals surface area (Å²) in [5.41, 5.74) is 2.91. The Morgan fingerprint density at radius 3 is 2.37 bits per heavy atom. The molecule has 0 unspecified atom stereocenters. The van der Waals surface area contributed by atoms with Crippen LogP contribution in [0.1, 0.15) is 39.5 Å². The molecule has 1 atom stereocenters. The van der Waals surface area contributed by atoms with Crippen molar-refractivity contribution >= 4 is 33.7 Å². The Labute approximate surface area is 166 Å². The molecule has 0 spiro atoms. The fraction of sp³-hybridized carbons (Fsp3) is 0.286. The van der Waals surface area contributed by atoms with Gasteiger partial charge in [-0.15, -0.1) is 0 Å². The molecular weight excluding hydrogens is 408 g/mol. The highest BCUT2D eigenvalue weighted by Crippen LogP contribution is 2.33. The van der Waals surface area contributed by atoms with Crippen LogP contribution in [0, 0.1) is 20.8 Å². The van der Waals surface area contributed by atoms with Gasteiger partial charge in [0.05, 0.1) is 6.54 Å². The summed E-state index contributed by atoms with van der Waals surface area (Å²) in [5, 5.41) is 2.73. The fourth-order valence-corrected chi connectivity index (χ4v) is 4.06. The summed E-state index contributed by atoms with van der Waals surface area (Å²) in [7, 11) is 0. The van der Waals surface area contributed by atoms with Gasteiger partial charge in [0.25, 0.3) is 5.91 Å². The first-order chi connectivity index (χ1) is 12.6. The van der Waals surface area contributed by atoms with Gasteiger partial charge in [-0.1, -0.05) is 40.2 Å². The molecule has 1 N–H and O–H groups in total. The summed E-state index contributed by atoms with van der Waals surface area (Å²) in [4.78, 5) is 39.3. The molecule has 140 valence electrons. The van der Waals surface area contributed by atoms with Crippen LogP contribution in [0.5, 0.6) is 0 Å². The smallest absolute Gasteiger partial charge is 0.319 e. The number of halogens is 1. The maximum Gasteiger partial charge on any atom is 0.325 e. The van der Waals surface area contributed by atoms with Crippen molar-refractivity contribution in [3.05, 3.63) is 68.7 Å². The lowest BCUT2D eigenvalue weighted by Gasteiger charge is -2.23. The van der Waals surface area contributed by atoms with E-state index in [4.69, 9.17) is 0 Å². The van der Waals surface area contributed by atoms with Crippen molar-refractivity contribution in [2.45, 2.75) is 33.2 Å². The number of hydrogen-bond acceptors (Lipinski definition) is 3. The second kappa shape index (κ2) is 6.93. The van der Waals surface area contributed by atoms with Gasteiger partial charge < -0.3 is 5.32 Å². The molecule has 0 aromatic heterocycles. The van der Waals surface area contributed by atoms with E-state index in [-0.39, 0.29) is 12.3 Å². The average molecular weight is 429 g/mol. The number of carbonyl (C=O) groups excluding carboxylic acids is 3. The van der Waals surface area contributed by atoms with Crippen LogP contribution < -0.4 is 5.32 Å². The zero-order chi connectivity index (χ0) is 19.9. The molecule has 2 aromatic carbocycles. The Morgan fingerprint density at radius 2 is 1.70 bits per heavy atom. The van der Waals surface area contributed by atoms with Crippen LogP contribution in [0.4, 0.5) is 4.79 Å². The molecule has 1 heterocycles. The molecule has 1 aliphatic heterocycles. The van der Waals surface area contributed by atoms with Gasteiger partial charge in [0.1, 0.15) is 5.54 Å². The van der Waals surface area contributed by atoms with E-state index >= 15 is 0 Å². The standard InChI is InChI=1S/C21H21BrN2O3/c1-12-9-14(3)15(10-13(12)2)18(25)11-24-19(26)21(4,23-20(24)27)16-7-5-6-8-17(16)22/h5-10H,11H2,1-4H3,(H,23,27)/t21-/m0/s1. The Balaban J connectivity index is 1.90. The molecule has 2 aromatic rings. The molecule has 0 radical (unpaired) electrons. The van der Waals surface area contributed by atoms with Crippen molar-refractivity contribution in [3.8, 4) is 0 Å². The van der Waals surface area contributed by atoms with E-state index in [1.54, 1.807) is 19.1 Å². The third-order valence-corrected chi connectivity index (χ3v) is 5.82. The molecule has 0 aliphatic carbocycles. The molecule has 3 amide bonds. The van der Waals surface area contributed by atoms with Crippen LogP contribution in [-0.4, -0.2) is 29.2 Å². The lowest BCUT2D eigenvalue weighted by Crippen LogP contribution is -2.41. The van der Waals surface area contributed by atoms with E-state index < -0.39 is 17.5 Å². The van der Waals surface area contributed by atoms with Gasteiger partial charge in [0.15, 0.2) is 5.78 Å². The second-order valence-electron chi connectivity index (χ2n) is 7.10. The number of Topliss-reactive ketones (excluding diaryl/α,β-unsaturated/α-hetero) is 1. The maximum atomic E-state index is 13.0. The SMILES string of the molecule is Cc1cc(C)c(C(=O)CN2C(=O)N[C@@](C)(c3ccccc3Br)C2=O)cc1C. The third kappa shape index (κ3) is 3.30. The summed E-state index contributed by atoms with van der Waals surface area (Å²) in [5.74, 6) is -0.690. The van der Waals surface area contributed by atoms with E-state index in [0.29, 0.717) is 11.1 Å².